The van der Waals surface area contributed by atoms with Crippen molar-refractivity contribution < 1.29 is 26.4 Å². The van der Waals surface area contributed by atoms with E-state index in [1.165, 1.54) is 6.08 Å². The number of rotatable bonds is 8. The molecule has 4 aromatic carbocycles. The van der Waals surface area contributed by atoms with Gasteiger partial charge in [-0.15, -0.1) is 0 Å². The molecule has 0 saturated carbocycles. The second-order valence-electron chi connectivity index (χ2n) is 8.92. The molecule has 0 bridgehead atoms. The largest absolute Gasteiger partial charge is 0.417 e. The number of hydrogen-bond acceptors (Lipinski definition) is 3. The lowest BCUT2D eigenvalue weighted by atomic mass is 9.81. The van der Waals surface area contributed by atoms with Crippen LogP contribution < -0.4 is 4.72 Å². The van der Waals surface area contributed by atoms with E-state index in [4.69, 9.17) is 0 Å². The van der Waals surface area contributed by atoms with Crippen LogP contribution in [0, 0.1) is 0 Å². The van der Waals surface area contributed by atoms with Gasteiger partial charge in [0.15, 0.2) is 0 Å². The predicted molar refractivity (Wildman–Crippen MR) is 151 cm³/mol. The molecule has 1 unspecified atom stereocenters. The molecule has 0 aliphatic carbocycles. The summed E-state index contributed by atoms with van der Waals surface area (Å²) in [6, 6.07) is 31.2. The quantitative estimate of drug-likeness (QED) is 0.227. The smallest absolute Gasteiger partial charge is 0.269 e. The third kappa shape index (κ3) is 6.76. The Morgan fingerprint density at radius 2 is 1.32 bits per heavy atom. The Kier molecular flexibility index (Phi) is 8.70. The van der Waals surface area contributed by atoms with Crippen LogP contribution in [0.25, 0.3) is 11.6 Å². The van der Waals surface area contributed by atoms with Gasteiger partial charge in [0, 0.05) is 12.0 Å². The minimum Gasteiger partial charge on any atom is -0.269 e. The Bertz CT molecular complexity index is 1630. The normalized spacial score (nSPS) is 13.2. The van der Waals surface area contributed by atoms with Gasteiger partial charge in [0.2, 0.25) is 0 Å². The first kappa shape index (κ1) is 28.6. The maximum Gasteiger partial charge on any atom is 0.417 e. The number of carbonyl (C=O) groups excluding carboxylic acids is 1. The van der Waals surface area contributed by atoms with E-state index < -0.39 is 32.6 Å². The van der Waals surface area contributed by atoms with Gasteiger partial charge in [-0.1, -0.05) is 103 Å². The average Bonchev–Trinajstić information content (AvgIpc) is 2.95. The number of nitrogens with one attached hydrogen (secondary N) is 1. The summed E-state index contributed by atoms with van der Waals surface area (Å²) in [5, 5.41) is 0. The average molecular weight is 562 g/mol. The first-order valence-corrected chi connectivity index (χ1v) is 13.9. The third-order valence-electron chi connectivity index (χ3n) is 6.28. The highest BCUT2D eigenvalue weighted by Crippen LogP contribution is 2.38. The van der Waals surface area contributed by atoms with Gasteiger partial charge in [0.25, 0.3) is 15.9 Å². The molecule has 0 aromatic heterocycles. The number of benzene rings is 4. The van der Waals surface area contributed by atoms with Crippen LogP contribution in [-0.2, 0) is 21.0 Å². The first-order chi connectivity index (χ1) is 19.1. The molecule has 1 amide bonds. The summed E-state index contributed by atoms with van der Waals surface area (Å²) in [5.41, 5.74) is 3.59. The fourth-order valence-electron chi connectivity index (χ4n) is 4.46. The fraction of sp³-hybridized carbons (Fsp3) is 0.0938. The molecule has 0 saturated heterocycles. The lowest BCUT2D eigenvalue weighted by molar-refractivity contribution is -0.140. The van der Waals surface area contributed by atoms with Crippen LogP contribution in [0.1, 0.15) is 40.7 Å². The fourth-order valence-corrected chi connectivity index (χ4v) is 5.63. The van der Waals surface area contributed by atoms with E-state index in [1.54, 1.807) is 16.9 Å². The molecular formula is C32H26F3NO3S. The summed E-state index contributed by atoms with van der Waals surface area (Å²) in [6.07, 6.45) is -0.437. The molecule has 0 fully saturated rings. The van der Waals surface area contributed by atoms with Gasteiger partial charge in [-0.2, -0.15) is 13.2 Å². The SMILES string of the molecule is CC=C(c1ccccc1)C(c1ccccc1)c1ccc(C=CC(=O)NS(=O)(=O)c2ccccc2C(F)(F)F)cc1. The Hall–Kier alpha value is -4.43. The minimum absolute atomic E-state index is 0.0613. The number of hydrogen-bond donors (Lipinski definition) is 1. The zero-order valence-corrected chi connectivity index (χ0v) is 22.3. The van der Waals surface area contributed by atoms with E-state index in [-0.39, 0.29) is 5.92 Å². The van der Waals surface area contributed by atoms with Crippen LogP contribution in [0.15, 0.2) is 126 Å². The van der Waals surface area contributed by atoms with E-state index in [1.807, 2.05) is 55.5 Å². The number of sulfonamides is 1. The number of carbonyl (C=O) groups is 1. The van der Waals surface area contributed by atoms with E-state index in [9.17, 15) is 26.4 Å². The van der Waals surface area contributed by atoms with Gasteiger partial charge in [-0.05, 0) is 53.0 Å². The molecule has 0 aliphatic heterocycles. The molecule has 1 N–H and O–H groups in total. The summed E-state index contributed by atoms with van der Waals surface area (Å²) in [4.78, 5) is 11.3. The number of halogens is 3. The van der Waals surface area contributed by atoms with Crippen LogP contribution in [-0.4, -0.2) is 14.3 Å². The van der Waals surface area contributed by atoms with Crippen LogP contribution in [0.2, 0.25) is 0 Å². The highest BCUT2D eigenvalue weighted by Gasteiger charge is 2.37. The van der Waals surface area contributed by atoms with E-state index in [0.717, 1.165) is 46.5 Å². The molecule has 0 spiro atoms. The Labute approximate surface area is 231 Å². The van der Waals surface area contributed by atoms with Crippen molar-refractivity contribution in [1.29, 1.82) is 0 Å². The van der Waals surface area contributed by atoms with Crippen molar-refractivity contribution in [2.45, 2.75) is 23.9 Å². The van der Waals surface area contributed by atoms with Gasteiger partial charge < -0.3 is 0 Å². The molecule has 0 heterocycles. The molecule has 40 heavy (non-hydrogen) atoms. The lowest BCUT2D eigenvalue weighted by Crippen LogP contribution is -2.30. The molecule has 8 heteroatoms. The maximum absolute atomic E-state index is 13.3. The van der Waals surface area contributed by atoms with Crippen molar-refractivity contribution in [2.24, 2.45) is 0 Å². The molecule has 1 atom stereocenters. The van der Waals surface area contributed by atoms with Crippen molar-refractivity contribution in [3.05, 3.63) is 149 Å². The van der Waals surface area contributed by atoms with Gasteiger partial charge in [0.1, 0.15) is 0 Å². The molecule has 4 aromatic rings. The van der Waals surface area contributed by atoms with Crippen LogP contribution in [0.5, 0.6) is 0 Å². The summed E-state index contributed by atoms with van der Waals surface area (Å²) in [7, 11) is -4.74. The summed E-state index contributed by atoms with van der Waals surface area (Å²) in [6.45, 7) is 2.00. The second kappa shape index (κ2) is 12.2. The van der Waals surface area contributed by atoms with E-state index >= 15 is 0 Å². The highest BCUT2D eigenvalue weighted by molar-refractivity contribution is 7.90. The lowest BCUT2D eigenvalue weighted by Gasteiger charge is -2.22. The van der Waals surface area contributed by atoms with Gasteiger partial charge in [-0.3, -0.25) is 4.79 Å². The van der Waals surface area contributed by atoms with Crippen molar-refractivity contribution in [1.82, 2.24) is 4.72 Å². The van der Waals surface area contributed by atoms with Crippen molar-refractivity contribution >= 4 is 27.6 Å². The Balaban J connectivity index is 1.56. The second-order valence-corrected chi connectivity index (χ2v) is 10.6. The topological polar surface area (TPSA) is 63.2 Å². The minimum atomic E-state index is -4.89. The molecule has 4 rings (SSSR count). The number of allylic oxidation sites excluding steroid dienone is 2. The number of alkyl halides is 3. The van der Waals surface area contributed by atoms with E-state index in [2.05, 4.69) is 30.3 Å². The van der Waals surface area contributed by atoms with Gasteiger partial charge in [-0.25, -0.2) is 13.1 Å². The van der Waals surface area contributed by atoms with Gasteiger partial charge >= 0.3 is 6.18 Å². The molecular weight excluding hydrogens is 535 g/mol. The van der Waals surface area contributed by atoms with Crippen molar-refractivity contribution in [2.75, 3.05) is 0 Å². The summed E-state index contributed by atoms with van der Waals surface area (Å²) in [5.74, 6) is -1.13. The van der Waals surface area contributed by atoms with E-state index in [0.29, 0.717) is 11.6 Å². The molecule has 204 valence electrons. The Morgan fingerprint density at radius 1 is 0.775 bits per heavy atom. The highest BCUT2D eigenvalue weighted by atomic mass is 32.2. The predicted octanol–water partition coefficient (Wildman–Crippen LogP) is 7.46. The summed E-state index contributed by atoms with van der Waals surface area (Å²) < 4.78 is 66.5. The monoisotopic (exact) mass is 561 g/mol. The molecule has 4 nitrogen and oxygen atoms in total. The zero-order valence-electron chi connectivity index (χ0n) is 21.5. The van der Waals surface area contributed by atoms with Gasteiger partial charge in [0.05, 0.1) is 10.5 Å². The third-order valence-corrected chi connectivity index (χ3v) is 7.68. The van der Waals surface area contributed by atoms with Crippen LogP contribution >= 0.6 is 0 Å². The standard InChI is InChI=1S/C32H26F3NO3S/c1-2-27(24-11-5-3-6-12-24)31(25-13-7-4-8-14-25)26-20-17-23(18-21-26)19-22-30(37)36-40(38,39)29-16-10-9-15-28(29)32(33,34)35/h2-22,31H,1H3,(H,36,37). The molecule has 0 aliphatic rings. The zero-order chi connectivity index (χ0) is 28.8. The molecule has 0 radical (unpaired) electrons. The Morgan fingerprint density at radius 3 is 1.93 bits per heavy atom. The summed E-state index contributed by atoms with van der Waals surface area (Å²) >= 11 is 0. The number of amides is 1. The maximum atomic E-state index is 13.3. The van der Waals surface area contributed by atoms with Crippen LogP contribution in [0.3, 0.4) is 0 Å². The van der Waals surface area contributed by atoms with Crippen molar-refractivity contribution in [3.63, 3.8) is 0 Å². The van der Waals surface area contributed by atoms with Crippen molar-refractivity contribution in [3.8, 4) is 0 Å². The first-order valence-electron chi connectivity index (χ1n) is 12.4. The van der Waals surface area contributed by atoms with Crippen LogP contribution in [0.4, 0.5) is 13.2 Å².